The van der Waals surface area contributed by atoms with E-state index >= 15 is 0 Å². The molecule has 1 atom stereocenters. The van der Waals surface area contributed by atoms with E-state index < -0.39 is 5.60 Å². The molecular formula is C33H38ClN3O3. The monoisotopic (exact) mass is 559 g/mol. The number of benzene rings is 3. The Morgan fingerprint density at radius 3 is 2.15 bits per heavy atom. The summed E-state index contributed by atoms with van der Waals surface area (Å²) >= 11 is 5.99. The molecule has 210 valence electrons. The molecule has 0 radical (unpaired) electrons. The van der Waals surface area contributed by atoms with E-state index in [-0.39, 0.29) is 17.9 Å². The van der Waals surface area contributed by atoms with Crippen LogP contribution in [0.1, 0.15) is 45.1 Å². The quantitative estimate of drug-likeness (QED) is 0.285. The van der Waals surface area contributed by atoms with Crippen LogP contribution in [0.3, 0.4) is 0 Å². The molecule has 4 rings (SSSR count). The van der Waals surface area contributed by atoms with Gasteiger partial charge in [0.15, 0.2) is 0 Å². The lowest BCUT2D eigenvalue weighted by molar-refractivity contribution is -0.111. The SMILES string of the molecule is CC(C)(C)OC(=O)N1CCC(NCC(C=CC(=O)Nc2ccc(-c3ccc(Cl)cc3)cc2)c2ccccc2)CC1. The average molecular weight is 560 g/mol. The zero-order valence-electron chi connectivity index (χ0n) is 23.4. The number of nitrogens with one attached hydrogen (secondary N) is 2. The summed E-state index contributed by atoms with van der Waals surface area (Å²) in [5.41, 5.74) is 3.50. The fourth-order valence-corrected chi connectivity index (χ4v) is 4.79. The summed E-state index contributed by atoms with van der Waals surface area (Å²) in [6.45, 7) is 7.68. The number of carbonyl (C=O) groups excluding carboxylic acids is 2. The van der Waals surface area contributed by atoms with E-state index in [1.54, 1.807) is 11.0 Å². The van der Waals surface area contributed by atoms with Gasteiger partial charge < -0.3 is 20.3 Å². The smallest absolute Gasteiger partial charge is 0.410 e. The number of hydrogen-bond donors (Lipinski definition) is 2. The van der Waals surface area contributed by atoms with Crippen LogP contribution in [-0.4, -0.2) is 48.2 Å². The lowest BCUT2D eigenvalue weighted by Crippen LogP contribution is -2.47. The van der Waals surface area contributed by atoms with Gasteiger partial charge in [-0.05, 0) is 80.6 Å². The normalized spacial score (nSPS) is 15.2. The molecule has 1 fully saturated rings. The van der Waals surface area contributed by atoms with Crippen LogP contribution in [0.15, 0.2) is 91.0 Å². The number of likely N-dealkylation sites (tertiary alicyclic amines) is 1. The van der Waals surface area contributed by atoms with Gasteiger partial charge in [-0.3, -0.25) is 4.79 Å². The number of halogens is 1. The molecule has 1 unspecified atom stereocenters. The molecule has 0 aromatic heterocycles. The Morgan fingerprint density at radius 2 is 1.55 bits per heavy atom. The Kier molecular flexibility index (Phi) is 10.0. The second-order valence-electron chi connectivity index (χ2n) is 11.1. The minimum absolute atomic E-state index is 0.0307. The summed E-state index contributed by atoms with van der Waals surface area (Å²) < 4.78 is 5.51. The first-order valence-electron chi connectivity index (χ1n) is 13.8. The summed E-state index contributed by atoms with van der Waals surface area (Å²) in [6, 6.07) is 25.9. The van der Waals surface area contributed by atoms with Crippen LogP contribution < -0.4 is 10.6 Å². The first kappa shape index (κ1) is 29.4. The van der Waals surface area contributed by atoms with Crippen LogP contribution in [0.4, 0.5) is 10.5 Å². The van der Waals surface area contributed by atoms with Crippen molar-refractivity contribution >= 4 is 29.3 Å². The fraction of sp³-hybridized carbons (Fsp3) is 0.333. The molecular weight excluding hydrogens is 522 g/mol. The molecule has 6 nitrogen and oxygen atoms in total. The molecule has 3 aromatic rings. The predicted octanol–water partition coefficient (Wildman–Crippen LogP) is 7.27. The first-order chi connectivity index (χ1) is 19.2. The van der Waals surface area contributed by atoms with Crippen LogP contribution in [0, 0.1) is 0 Å². The van der Waals surface area contributed by atoms with Crippen molar-refractivity contribution in [3.63, 3.8) is 0 Å². The van der Waals surface area contributed by atoms with Crippen molar-refractivity contribution in [2.24, 2.45) is 0 Å². The predicted molar refractivity (Wildman–Crippen MR) is 163 cm³/mol. The molecule has 1 saturated heterocycles. The van der Waals surface area contributed by atoms with Crippen LogP contribution in [0.2, 0.25) is 5.02 Å². The van der Waals surface area contributed by atoms with Crippen molar-refractivity contribution in [3.8, 4) is 11.1 Å². The lowest BCUT2D eigenvalue weighted by Gasteiger charge is -2.34. The van der Waals surface area contributed by atoms with Gasteiger partial charge in [0.2, 0.25) is 5.91 Å². The number of anilines is 1. The maximum Gasteiger partial charge on any atom is 0.410 e. The number of nitrogens with zero attached hydrogens (tertiary/aromatic N) is 1. The number of piperidine rings is 1. The van der Waals surface area contributed by atoms with Gasteiger partial charge in [0.1, 0.15) is 5.60 Å². The van der Waals surface area contributed by atoms with Crippen molar-refractivity contribution in [3.05, 3.63) is 102 Å². The van der Waals surface area contributed by atoms with Crippen molar-refractivity contribution in [1.29, 1.82) is 0 Å². The third-order valence-corrected chi connectivity index (χ3v) is 7.06. The van der Waals surface area contributed by atoms with Crippen molar-refractivity contribution in [2.45, 2.75) is 51.2 Å². The molecule has 40 heavy (non-hydrogen) atoms. The van der Waals surface area contributed by atoms with Crippen molar-refractivity contribution in [1.82, 2.24) is 10.2 Å². The Bertz CT molecular complexity index is 1280. The minimum Gasteiger partial charge on any atom is -0.444 e. The molecule has 0 aliphatic carbocycles. The largest absolute Gasteiger partial charge is 0.444 e. The van der Waals surface area contributed by atoms with E-state index in [0.717, 1.165) is 35.2 Å². The highest BCUT2D eigenvalue weighted by molar-refractivity contribution is 6.30. The van der Waals surface area contributed by atoms with Crippen molar-refractivity contribution < 1.29 is 14.3 Å². The number of rotatable bonds is 8. The van der Waals surface area contributed by atoms with E-state index in [0.29, 0.717) is 30.7 Å². The second-order valence-corrected chi connectivity index (χ2v) is 11.5. The van der Waals surface area contributed by atoms with Crippen molar-refractivity contribution in [2.75, 3.05) is 25.0 Å². The maximum atomic E-state index is 12.8. The van der Waals surface area contributed by atoms with Gasteiger partial charge in [-0.15, -0.1) is 0 Å². The lowest BCUT2D eigenvalue weighted by atomic mass is 9.97. The van der Waals surface area contributed by atoms with Gasteiger partial charge in [0, 0.05) is 42.3 Å². The zero-order valence-corrected chi connectivity index (χ0v) is 24.2. The maximum absolute atomic E-state index is 12.8. The van der Waals surface area contributed by atoms with E-state index in [9.17, 15) is 9.59 Å². The second kappa shape index (κ2) is 13.6. The minimum atomic E-state index is -0.491. The third kappa shape index (κ3) is 8.97. The van der Waals surface area contributed by atoms with Gasteiger partial charge >= 0.3 is 6.09 Å². The van der Waals surface area contributed by atoms with Gasteiger partial charge in [-0.1, -0.05) is 72.3 Å². The molecule has 2 amide bonds. The van der Waals surface area contributed by atoms with E-state index in [1.165, 1.54) is 0 Å². The van der Waals surface area contributed by atoms with Gasteiger partial charge in [-0.2, -0.15) is 0 Å². The molecule has 1 heterocycles. The molecule has 0 saturated carbocycles. The summed E-state index contributed by atoms with van der Waals surface area (Å²) in [7, 11) is 0. The number of amides is 2. The van der Waals surface area contributed by atoms with E-state index in [1.807, 2.05) is 93.6 Å². The average Bonchev–Trinajstić information content (AvgIpc) is 2.94. The van der Waals surface area contributed by atoms with Crippen LogP contribution in [0.5, 0.6) is 0 Å². The van der Waals surface area contributed by atoms with E-state index in [4.69, 9.17) is 16.3 Å². The molecule has 0 spiro atoms. The number of ether oxygens (including phenoxy) is 1. The molecule has 3 aromatic carbocycles. The number of carbonyl (C=O) groups is 2. The fourth-order valence-electron chi connectivity index (χ4n) is 4.66. The standard InChI is InChI=1S/C33H38ClN3O3/c1-33(2,3)40-32(39)37-21-19-29(20-22-37)35-23-27(24-7-5-4-6-8-24)13-18-31(38)36-30-16-11-26(12-17-30)25-9-14-28(34)15-10-25/h4-18,27,29,35H,19-23H2,1-3H3,(H,36,38). The summed E-state index contributed by atoms with van der Waals surface area (Å²) in [4.78, 5) is 26.9. The Labute approximate surface area is 242 Å². The topological polar surface area (TPSA) is 70.7 Å². The zero-order chi connectivity index (χ0) is 28.5. The Balaban J connectivity index is 1.31. The van der Waals surface area contributed by atoms with Gasteiger partial charge in [-0.25, -0.2) is 4.79 Å². The first-order valence-corrected chi connectivity index (χ1v) is 14.2. The molecule has 1 aliphatic heterocycles. The van der Waals surface area contributed by atoms with E-state index in [2.05, 4.69) is 22.8 Å². The molecule has 7 heteroatoms. The molecule has 2 N–H and O–H groups in total. The summed E-state index contributed by atoms with van der Waals surface area (Å²) in [5, 5.41) is 7.31. The molecule has 0 bridgehead atoms. The summed E-state index contributed by atoms with van der Waals surface area (Å²) in [6.07, 6.45) is 5.03. The van der Waals surface area contributed by atoms with Gasteiger partial charge in [0.05, 0.1) is 0 Å². The van der Waals surface area contributed by atoms with Crippen LogP contribution in [-0.2, 0) is 9.53 Å². The van der Waals surface area contributed by atoms with Crippen LogP contribution in [0.25, 0.3) is 11.1 Å². The summed E-state index contributed by atoms with van der Waals surface area (Å²) in [5.74, 6) is -0.144. The van der Waals surface area contributed by atoms with Crippen LogP contribution >= 0.6 is 11.6 Å². The molecule has 1 aliphatic rings. The highest BCUT2D eigenvalue weighted by Gasteiger charge is 2.27. The Hall–Kier alpha value is -3.61. The highest BCUT2D eigenvalue weighted by atomic mass is 35.5. The number of hydrogen-bond acceptors (Lipinski definition) is 4. The Morgan fingerprint density at radius 1 is 0.950 bits per heavy atom. The van der Waals surface area contributed by atoms with Gasteiger partial charge in [0.25, 0.3) is 0 Å². The highest BCUT2D eigenvalue weighted by Crippen LogP contribution is 2.24. The third-order valence-electron chi connectivity index (χ3n) is 6.81.